The Morgan fingerprint density at radius 2 is 1.87 bits per heavy atom. The van der Waals surface area contributed by atoms with Crippen LogP contribution in [0.25, 0.3) is 0 Å². The minimum atomic E-state index is -0.735. The molecule has 1 heterocycles. The first-order valence-corrected chi connectivity index (χ1v) is 10.7. The Labute approximate surface area is 180 Å². The quantitative estimate of drug-likeness (QED) is 0.697. The van der Waals surface area contributed by atoms with Crippen molar-refractivity contribution >= 4 is 11.7 Å². The Kier molecular flexibility index (Phi) is 4.73. The van der Waals surface area contributed by atoms with Crippen molar-refractivity contribution in [2.45, 2.75) is 51.1 Å². The van der Waals surface area contributed by atoms with Crippen LogP contribution in [0.1, 0.15) is 63.2 Å². The maximum Gasteiger partial charge on any atom is 0.251 e. The summed E-state index contributed by atoms with van der Waals surface area (Å²) in [6.07, 6.45) is 2.37. The van der Waals surface area contributed by atoms with Crippen LogP contribution in [-0.4, -0.2) is 27.5 Å². The molecule has 0 unspecified atom stereocenters. The number of ketones is 1. The number of halogens is 1. The van der Waals surface area contributed by atoms with Crippen LogP contribution in [0.5, 0.6) is 0 Å². The molecule has 0 spiro atoms. The first-order chi connectivity index (χ1) is 14.9. The molecule has 2 aromatic carbocycles. The minimum absolute atomic E-state index is 0.0513. The lowest BCUT2D eigenvalue weighted by atomic mass is 9.76. The smallest absolute Gasteiger partial charge is 0.251 e. The molecule has 3 aromatic rings. The summed E-state index contributed by atoms with van der Waals surface area (Å²) in [5, 5.41) is 7.72. The molecule has 1 fully saturated rings. The molecule has 1 N–H and O–H groups in total. The second-order valence-electron chi connectivity index (χ2n) is 8.61. The highest BCUT2D eigenvalue weighted by molar-refractivity contribution is 5.99. The molecule has 0 radical (unpaired) electrons. The monoisotopic (exact) mass is 417 g/mol. The summed E-state index contributed by atoms with van der Waals surface area (Å²) < 4.78 is 15.6. The number of Topliss-reactive ketones (excluding diaryl/α,β-unsaturated/α-hetero) is 1. The molecule has 5 nitrogen and oxygen atoms in total. The molecular weight excluding hydrogens is 393 g/mol. The molecule has 1 saturated carbocycles. The van der Waals surface area contributed by atoms with Crippen molar-refractivity contribution in [1.29, 1.82) is 0 Å². The van der Waals surface area contributed by atoms with E-state index in [2.05, 4.69) is 5.32 Å². The van der Waals surface area contributed by atoms with E-state index >= 15 is 0 Å². The van der Waals surface area contributed by atoms with Gasteiger partial charge < -0.3 is 5.32 Å². The number of amides is 1. The van der Waals surface area contributed by atoms with Gasteiger partial charge in [0.1, 0.15) is 5.82 Å². The van der Waals surface area contributed by atoms with Gasteiger partial charge >= 0.3 is 0 Å². The normalized spacial score (nSPS) is 20.4. The van der Waals surface area contributed by atoms with Gasteiger partial charge in [-0.15, -0.1) is 0 Å². The van der Waals surface area contributed by atoms with Crippen LogP contribution >= 0.6 is 0 Å². The van der Waals surface area contributed by atoms with Crippen LogP contribution < -0.4 is 5.32 Å². The van der Waals surface area contributed by atoms with E-state index in [4.69, 9.17) is 5.10 Å². The average Bonchev–Trinajstić information content (AvgIpc) is 3.54. The van der Waals surface area contributed by atoms with E-state index in [0.29, 0.717) is 11.6 Å². The number of hydrogen-bond donors (Lipinski definition) is 1. The third kappa shape index (κ3) is 3.56. The molecule has 158 valence electrons. The van der Waals surface area contributed by atoms with Gasteiger partial charge in [0.15, 0.2) is 5.78 Å². The summed E-state index contributed by atoms with van der Waals surface area (Å²) in [6.45, 7) is 3.87. The van der Waals surface area contributed by atoms with Crippen molar-refractivity contribution in [1.82, 2.24) is 15.1 Å². The first kappa shape index (κ1) is 19.7. The third-order valence-electron chi connectivity index (χ3n) is 6.26. The van der Waals surface area contributed by atoms with Crippen LogP contribution in [0.2, 0.25) is 0 Å². The van der Waals surface area contributed by atoms with Crippen molar-refractivity contribution in [3.63, 3.8) is 0 Å². The van der Waals surface area contributed by atoms with Crippen LogP contribution in [0.15, 0.2) is 48.5 Å². The number of rotatable bonds is 4. The molecule has 6 heteroatoms. The summed E-state index contributed by atoms with van der Waals surface area (Å²) in [4.78, 5) is 26.3. The van der Waals surface area contributed by atoms with Crippen molar-refractivity contribution in [3.05, 3.63) is 88.0 Å². The van der Waals surface area contributed by atoms with E-state index in [1.165, 1.54) is 12.1 Å². The molecular formula is C25H24FN3O2. The fraction of sp³-hybridized carbons (Fsp3) is 0.320. The van der Waals surface area contributed by atoms with Gasteiger partial charge in [-0.25, -0.2) is 4.39 Å². The van der Waals surface area contributed by atoms with Gasteiger partial charge in [-0.3, -0.25) is 14.3 Å². The summed E-state index contributed by atoms with van der Waals surface area (Å²) >= 11 is 0. The van der Waals surface area contributed by atoms with Gasteiger partial charge in [0, 0.05) is 17.0 Å². The van der Waals surface area contributed by atoms with Gasteiger partial charge in [0.25, 0.3) is 5.91 Å². The zero-order valence-corrected chi connectivity index (χ0v) is 17.6. The topological polar surface area (TPSA) is 64.0 Å². The molecule has 2 aliphatic carbocycles. The number of fused-ring (bicyclic) bond motifs is 1. The van der Waals surface area contributed by atoms with Gasteiger partial charge in [-0.05, 0) is 56.5 Å². The predicted molar refractivity (Wildman–Crippen MR) is 115 cm³/mol. The fourth-order valence-corrected chi connectivity index (χ4v) is 4.64. The number of benzene rings is 2. The molecule has 5 rings (SSSR count). The maximum absolute atomic E-state index is 13.6. The van der Waals surface area contributed by atoms with Crippen LogP contribution in [0.3, 0.4) is 0 Å². The van der Waals surface area contributed by atoms with Gasteiger partial charge in [0.05, 0.1) is 29.9 Å². The van der Waals surface area contributed by atoms with Crippen LogP contribution in [0, 0.1) is 19.7 Å². The Hall–Kier alpha value is -3.28. The summed E-state index contributed by atoms with van der Waals surface area (Å²) in [7, 11) is 0. The molecule has 2 atom stereocenters. The lowest BCUT2D eigenvalue weighted by Crippen LogP contribution is -2.48. The van der Waals surface area contributed by atoms with E-state index in [0.717, 1.165) is 40.9 Å². The number of aromatic nitrogens is 2. The van der Waals surface area contributed by atoms with E-state index in [-0.39, 0.29) is 23.9 Å². The molecule has 2 aliphatic rings. The van der Waals surface area contributed by atoms with E-state index in [1.807, 2.05) is 30.7 Å². The maximum atomic E-state index is 13.6. The highest BCUT2D eigenvalue weighted by atomic mass is 19.1. The summed E-state index contributed by atoms with van der Waals surface area (Å²) in [5.74, 6) is -1.08. The van der Waals surface area contributed by atoms with Gasteiger partial charge in [-0.1, -0.05) is 29.8 Å². The second-order valence-corrected chi connectivity index (χ2v) is 8.61. The SMILES string of the molecule is Cc1cccc(C(=O)N[C@@H]2C(=O)Cc3c(c(C)nn3C3CC3)[C@@H]2c2ccc(F)cc2)c1. The zero-order chi connectivity index (χ0) is 21.7. The Balaban J connectivity index is 1.58. The fourth-order valence-electron chi connectivity index (χ4n) is 4.64. The minimum Gasteiger partial charge on any atom is -0.341 e. The van der Waals surface area contributed by atoms with Crippen molar-refractivity contribution < 1.29 is 14.0 Å². The summed E-state index contributed by atoms with van der Waals surface area (Å²) in [6, 6.07) is 13.1. The summed E-state index contributed by atoms with van der Waals surface area (Å²) in [5.41, 5.74) is 5.05. The Morgan fingerprint density at radius 3 is 2.55 bits per heavy atom. The Morgan fingerprint density at radius 1 is 1.13 bits per heavy atom. The lowest BCUT2D eigenvalue weighted by Gasteiger charge is -2.32. The van der Waals surface area contributed by atoms with Crippen molar-refractivity contribution in [2.24, 2.45) is 0 Å². The lowest BCUT2D eigenvalue weighted by molar-refractivity contribution is -0.121. The standard InChI is InChI=1S/C25H24FN3O2/c1-14-4-3-5-17(12-14)25(31)27-24-21(30)13-20-22(15(2)28-29(20)19-10-11-19)23(24)16-6-8-18(26)9-7-16/h3-9,12,19,23-24H,10-11,13H2,1-2H3,(H,27,31)/t23-,24+/m0/s1. The number of hydrogen-bond acceptors (Lipinski definition) is 3. The van der Waals surface area contributed by atoms with E-state index in [9.17, 15) is 14.0 Å². The van der Waals surface area contributed by atoms with Crippen LogP contribution in [-0.2, 0) is 11.2 Å². The molecule has 1 aromatic heterocycles. The molecule has 31 heavy (non-hydrogen) atoms. The molecule has 0 saturated heterocycles. The second kappa shape index (κ2) is 7.45. The van der Waals surface area contributed by atoms with E-state index < -0.39 is 12.0 Å². The number of carbonyl (C=O) groups is 2. The zero-order valence-electron chi connectivity index (χ0n) is 17.6. The average molecular weight is 417 g/mol. The van der Waals surface area contributed by atoms with Crippen molar-refractivity contribution in [2.75, 3.05) is 0 Å². The Bertz CT molecular complexity index is 1180. The largest absolute Gasteiger partial charge is 0.341 e. The van der Waals surface area contributed by atoms with Gasteiger partial charge in [0.2, 0.25) is 0 Å². The van der Waals surface area contributed by atoms with Crippen LogP contribution in [0.4, 0.5) is 4.39 Å². The molecule has 0 aliphatic heterocycles. The highest BCUT2D eigenvalue weighted by Gasteiger charge is 2.43. The first-order valence-electron chi connectivity index (χ1n) is 10.7. The number of nitrogens with one attached hydrogen (secondary N) is 1. The number of nitrogens with zero attached hydrogens (tertiary/aromatic N) is 2. The number of aryl methyl sites for hydroxylation is 2. The molecule has 1 amide bonds. The third-order valence-corrected chi connectivity index (χ3v) is 6.26. The van der Waals surface area contributed by atoms with E-state index in [1.54, 1.807) is 24.3 Å². The number of carbonyl (C=O) groups excluding carboxylic acids is 2. The highest BCUT2D eigenvalue weighted by Crippen LogP contribution is 2.43. The van der Waals surface area contributed by atoms with Crippen molar-refractivity contribution in [3.8, 4) is 0 Å². The predicted octanol–water partition coefficient (Wildman–Crippen LogP) is 4.03. The van der Waals surface area contributed by atoms with Gasteiger partial charge in [-0.2, -0.15) is 5.10 Å². The molecule has 0 bridgehead atoms.